The predicted octanol–water partition coefficient (Wildman–Crippen LogP) is 3.61. The van der Waals surface area contributed by atoms with Gasteiger partial charge in [-0.15, -0.1) is 0 Å². The largest absolute Gasteiger partial charge is 0.449 e. The third-order valence-corrected chi connectivity index (χ3v) is 2.42. The summed E-state index contributed by atoms with van der Waals surface area (Å²) in [7, 11) is 0. The SMILES string of the molecule is CC1(C)Oc2cc(Br)cc(Cl)c2O1. The van der Waals surface area contributed by atoms with Gasteiger partial charge in [0, 0.05) is 18.3 Å². The molecule has 1 aromatic rings. The molecule has 0 saturated carbocycles. The van der Waals surface area contributed by atoms with Crippen LogP contribution in [0.1, 0.15) is 13.8 Å². The van der Waals surface area contributed by atoms with E-state index >= 15 is 0 Å². The molecule has 0 atom stereocenters. The number of fused-ring (bicyclic) bond motifs is 1. The fourth-order valence-corrected chi connectivity index (χ4v) is 2.06. The van der Waals surface area contributed by atoms with E-state index in [0.717, 1.165) is 4.47 Å². The molecule has 0 unspecified atom stereocenters. The van der Waals surface area contributed by atoms with Crippen molar-refractivity contribution in [1.29, 1.82) is 0 Å². The lowest BCUT2D eigenvalue weighted by Gasteiger charge is -2.16. The van der Waals surface area contributed by atoms with E-state index in [1.54, 1.807) is 6.07 Å². The lowest BCUT2D eigenvalue weighted by molar-refractivity contribution is -0.0431. The first-order chi connectivity index (χ1) is 5.98. The maximum Gasteiger partial charge on any atom is 0.246 e. The molecule has 2 rings (SSSR count). The molecule has 0 aromatic heterocycles. The summed E-state index contributed by atoms with van der Waals surface area (Å²) < 4.78 is 11.9. The van der Waals surface area contributed by atoms with Gasteiger partial charge in [0.1, 0.15) is 0 Å². The fraction of sp³-hybridized carbons (Fsp3) is 0.333. The zero-order valence-corrected chi connectivity index (χ0v) is 9.57. The van der Waals surface area contributed by atoms with Crippen molar-refractivity contribution in [3.63, 3.8) is 0 Å². The Morgan fingerprint density at radius 3 is 2.69 bits per heavy atom. The normalized spacial score (nSPS) is 17.5. The van der Waals surface area contributed by atoms with Gasteiger partial charge in [-0.1, -0.05) is 27.5 Å². The highest BCUT2D eigenvalue weighted by atomic mass is 79.9. The Bertz CT molecular complexity index is 363. The second-order valence-electron chi connectivity index (χ2n) is 3.32. The van der Waals surface area contributed by atoms with Crippen LogP contribution in [0.4, 0.5) is 0 Å². The molecule has 0 N–H and O–H groups in total. The number of rotatable bonds is 0. The molecule has 2 nitrogen and oxygen atoms in total. The van der Waals surface area contributed by atoms with Crippen LogP contribution in [0.15, 0.2) is 16.6 Å². The van der Waals surface area contributed by atoms with Gasteiger partial charge in [-0.25, -0.2) is 0 Å². The zero-order chi connectivity index (χ0) is 9.64. The third kappa shape index (κ3) is 1.63. The molecule has 4 heteroatoms. The summed E-state index contributed by atoms with van der Waals surface area (Å²) in [5.74, 6) is 0.687. The Hall–Kier alpha value is -0.410. The van der Waals surface area contributed by atoms with Crippen LogP contribution in [-0.4, -0.2) is 5.79 Å². The molecule has 0 aliphatic carbocycles. The average Bonchev–Trinajstić information content (AvgIpc) is 2.23. The quantitative estimate of drug-likeness (QED) is 0.712. The first kappa shape index (κ1) is 9.16. The Morgan fingerprint density at radius 2 is 2.00 bits per heavy atom. The van der Waals surface area contributed by atoms with Crippen LogP contribution in [0.2, 0.25) is 5.02 Å². The summed E-state index contributed by atoms with van der Waals surface area (Å²) in [6.07, 6.45) is 0. The minimum absolute atomic E-state index is 0.565. The van der Waals surface area contributed by atoms with E-state index in [-0.39, 0.29) is 0 Å². The summed E-state index contributed by atoms with van der Waals surface area (Å²) in [4.78, 5) is 0. The maximum atomic E-state index is 5.97. The highest BCUT2D eigenvalue weighted by molar-refractivity contribution is 9.10. The van der Waals surface area contributed by atoms with E-state index in [4.69, 9.17) is 21.1 Å². The van der Waals surface area contributed by atoms with Crippen molar-refractivity contribution in [3.05, 3.63) is 21.6 Å². The van der Waals surface area contributed by atoms with Crippen molar-refractivity contribution in [2.24, 2.45) is 0 Å². The van der Waals surface area contributed by atoms with Gasteiger partial charge < -0.3 is 9.47 Å². The third-order valence-electron chi connectivity index (χ3n) is 1.68. The number of ether oxygens (including phenoxy) is 2. The molecular weight excluding hydrogens is 255 g/mol. The Kier molecular flexibility index (Phi) is 1.96. The maximum absolute atomic E-state index is 5.97. The predicted molar refractivity (Wildman–Crippen MR) is 54.5 cm³/mol. The van der Waals surface area contributed by atoms with Crippen LogP contribution in [0.3, 0.4) is 0 Å². The molecule has 0 radical (unpaired) electrons. The molecule has 1 aliphatic heterocycles. The molecule has 13 heavy (non-hydrogen) atoms. The second kappa shape index (κ2) is 2.79. The van der Waals surface area contributed by atoms with Crippen molar-refractivity contribution in [3.8, 4) is 11.5 Å². The fourth-order valence-electron chi connectivity index (χ4n) is 1.24. The highest BCUT2D eigenvalue weighted by Crippen LogP contribution is 2.45. The standard InChI is InChI=1S/C9H8BrClO2/c1-9(2)12-7-4-5(10)3-6(11)8(7)13-9/h3-4H,1-2H3. The van der Waals surface area contributed by atoms with Crippen molar-refractivity contribution in [1.82, 2.24) is 0 Å². The van der Waals surface area contributed by atoms with E-state index in [2.05, 4.69) is 15.9 Å². The van der Waals surface area contributed by atoms with E-state index in [9.17, 15) is 0 Å². The van der Waals surface area contributed by atoms with E-state index < -0.39 is 5.79 Å². The van der Waals surface area contributed by atoms with Gasteiger partial charge in [0.2, 0.25) is 5.79 Å². The van der Waals surface area contributed by atoms with Crippen molar-refractivity contribution in [2.75, 3.05) is 0 Å². The zero-order valence-electron chi connectivity index (χ0n) is 7.23. The first-order valence-electron chi connectivity index (χ1n) is 3.85. The highest BCUT2D eigenvalue weighted by Gasteiger charge is 2.33. The van der Waals surface area contributed by atoms with E-state index in [0.29, 0.717) is 16.5 Å². The Morgan fingerprint density at radius 1 is 1.31 bits per heavy atom. The summed E-state index contributed by atoms with van der Waals surface area (Å²) in [6, 6.07) is 3.63. The van der Waals surface area contributed by atoms with Gasteiger partial charge >= 0.3 is 0 Å². The number of benzene rings is 1. The topological polar surface area (TPSA) is 18.5 Å². The van der Waals surface area contributed by atoms with Gasteiger partial charge in [0.05, 0.1) is 5.02 Å². The summed E-state index contributed by atoms with van der Waals surface area (Å²) in [5, 5.41) is 0.565. The van der Waals surface area contributed by atoms with Crippen LogP contribution in [0.25, 0.3) is 0 Å². The molecule has 0 spiro atoms. The lowest BCUT2D eigenvalue weighted by atomic mass is 10.3. The Labute approximate surface area is 89.9 Å². The van der Waals surface area contributed by atoms with E-state index in [1.165, 1.54) is 0 Å². The van der Waals surface area contributed by atoms with Crippen LogP contribution in [0, 0.1) is 0 Å². The molecule has 70 valence electrons. The lowest BCUT2D eigenvalue weighted by Crippen LogP contribution is -2.29. The van der Waals surface area contributed by atoms with Crippen LogP contribution in [0.5, 0.6) is 11.5 Å². The molecule has 1 heterocycles. The minimum atomic E-state index is -0.618. The summed E-state index contributed by atoms with van der Waals surface area (Å²) >= 11 is 9.30. The van der Waals surface area contributed by atoms with Crippen LogP contribution >= 0.6 is 27.5 Å². The Balaban J connectivity index is 2.52. The molecule has 0 saturated heterocycles. The first-order valence-corrected chi connectivity index (χ1v) is 5.02. The van der Waals surface area contributed by atoms with Crippen molar-refractivity contribution < 1.29 is 9.47 Å². The molecule has 1 aliphatic rings. The summed E-state index contributed by atoms with van der Waals surface area (Å²) in [6.45, 7) is 3.69. The molecule has 0 amide bonds. The van der Waals surface area contributed by atoms with Gasteiger partial charge in [0.25, 0.3) is 0 Å². The number of halogens is 2. The van der Waals surface area contributed by atoms with Crippen molar-refractivity contribution >= 4 is 27.5 Å². The van der Waals surface area contributed by atoms with Crippen molar-refractivity contribution in [2.45, 2.75) is 19.6 Å². The molecule has 1 aromatic carbocycles. The van der Waals surface area contributed by atoms with Crippen LogP contribution in [-0.2, 0) is 0 Å². The average molecular weight is 264 g/mol. The smallest absolute Gasteiger partial charge is 0.246 e. The number of hydrogen-bond donors (Lipinski definition) is 0. The molecular formula is C9H8BrClO2. The van der Waals surface area contributed by atoms with Gasteiger partial charge in [-0.2, -0.15) is 0 Å². The molecule has 0 fully saturated rings. The second-order valence-corrected chi connectivity index (χ2v) is 4.64. The van der Waals surface area contributed by atoms with Gasteiger partial charge in [-0.05, 0) is 12.1 Å². The summed E-state index contributed by atoms with van der Waals surface area (Å²) in [5.41, 5.74) is 0. The minimum Gasteiger partial charge on any atom is -0.449 e. The molecule has 0 bridgehead atoms. The van der Waals surface area contributed by atoms with Gasteiger partial charge in [-0.3, -0.25) is 0 Å². The van der Waals surface area contributed by atoms with E-state index in [1.807, 2.05) is 19.9 Å². The number of hydrogen-bond acceptors (Lipinski definition) is 2. The monoisotopic (exact) mass is 262 g/mol. The van der Waals surface area contributed by atoms with Gasteiger partial charge in [0.15, 0.2) is 11.5 Å². The van der Waals surface area contributed by atoms with Crippen LogP contribution < -0.4 is 9.47 Å².